The number of hydrogen-bond donors (Lipinski definition) is 2. The summed E-state index contributed by atoms with van der Waals surface area (Å²) in [6.45, 7) is 14.1. The van der Waals surface area contributed by atoms with Crippen LogP contribution in [-0.2, 0) is 27.2 Å². The van der Waals surface area contributed by atoms with Crippen LogP contribution in [0.1, 0.15) is 85.3 Å². The fraction of sp³-hybridized carbons (Fsp3) is 0.576. The Bertz CT molecular complexity index is 1690. The van der Waals surface area contributed by atoms with E-state index in [1.165, 1.54) is 6.33 Å². The van der Waals surface area contributed by atoms with Gasteiger partial charge in [-0.25, -0.2) is 24.5 Å². The molecule has 1 aliphatic heterocycles. The Morgan fingerprint density at radius 3 is 2.36 bits per heavy atom. The fourth-order valence-corrected chi connectivity index (χ4v) is 6.96. The van der Waals surface area contributed by atoms with E-state index < -0.39 is 28.9 Å². The number of aromatic nitrogens is 4. The largest absolute Gasteiger partial charge is 0.444 e. The topological polar surface area (TPSA) is 141 Å². The number of hydrogen-bond acceptors (Lipinski definition) is 9. The Balaban J connectivity index is 1.49. The molecule has 0 radical (unpaired) electrons. The van der Waals surface area contributed by atoms with E-state index in [0.717, 1.165) is 33.2 Å². The van der Waals surface area contributed by atoms with Crippen LogP contribution in [-0.4, -0.2) is 67.3 Å². The molecule has 2 amide bonds. The lowest BCUT2D eigenvalue weighted by Gasteiger charge is -2.32. The average molecular weight is 780 g/mol. The Kier molecular flexibility index (Phi) is 9.99. The molecule has 14 heteroatoms. The number of ketones is 1. The number of ether oxygens (including phenoxy) is 2. The fourth-order valence-electron chi connectivity index (χ4n) is 5.88. The van der Waals surface area contributed by atoms with Crippen molar-refractivity contribution >= 4 is 74.8 Å². The highest BCUT2D eigenvalue weighted by atomic mass is 127. The molecule has 3 aromatic rings. The number of nitrogens with one attached hydrogen (secondary N) is 2. The van der Waals surface area contributed by atoms with Crippen molar-refractivity contribution in [1.29, 1.82) is 0 Å². The minimum Gasteiger partial charge on any atom is -0.444 e. The highest BCUT2D eigenvalue weighted by Gasteiger charge is 2.48. The van der Waals surface area contributed by atoms with Crippen LogP contribution in [0.15, 0.2) is 18.7 Å². The maximum absolute atomic E-state index is 13.8. The Hall–Kier alpha value is -3.20. The molecule has 3 heterocycles. The second-order valence-corrected chi connectivity index (χ2v) is 15.8. The third-order valence-corrected chi connectivity index (χ3v) is 10.0. The van der Waals surface area contributed by atoms with Gasteiger partial charge in [0, 0.05) is 28.8 Å². The van der Waals surface area contributed by atoms with Crippen molar-refractivity contribution in [3.63, 3.8) is 0 Å². The summed E-state index contributed by atoms with van der Waals surface area (Å²) in [4.78, 5) is 54.8. The molecular weight excluding hydrogens is 737 g/mol. The summed E-state index contributed by atoms with van der Waals surface area (Å²) in [6, 6.07) is 1.94. The molecule has 1 aromatic carbocycles. The van der Waals surface area contributed by atoms with Crippen LogP contribution in [0.4, 0.5) is 21.1 Å². The van der Waals surface area contributed by atoms with Crippen LogP contribution in [0.3, 0.4) is 0 Å². The van der Waals surface area contributed by atoms with E-state index in [9.17, 15) is 14.4 Å². The van der Waals surface area contributed by atoms with Gasteiger partial charge in [-0.2, -0.15) is 0 Å². The third kappa shape index (κ3) is 8.27. The molecule has 2 N–H and O–H groups in total. The predicted molar refractivity (Wildman–Crippen MR) is 189 cm³/mol. The maximum Gasteiger partial charge on any atom is 0.413 e. The summed E-state index contributed by atoms with van der Waals surface area (Å²) in [5.41, 5.74) is 1.45. The molecule has 1 saturated carbocycles. The van der Waals surface area contributed by atoms with E-state index in [2.05, 4.69) is 60.0 Å². The summed E-state index contributed by atoms with van der Waals surface area (Å²) in [5.74, 6) is 0.649. The minimum atomic E-state index is -1.08. The SMILES string of the molecule is CCc1c(I)c(Cl)cc(N2CC[C@](NC(=O)OC(C)(C)C)(C(=O)CC3CC3)C2)c1Cn1cnc2c(NC(=O)OC(C)(C)C)ncnc21. The number of anilines is 2. The van der Waals surface area contributed by atoms with Crippen molar-refractivity contribution in [2.75, 3.05) is 23.3 Å². The highest BCUT2D eigenvalue weighted by Crippen LogP contribution is 2.40. The Labute approximate surface area is 293 Å². The monoisotopic (exact) mass is 779 g/mol. The first-order valence-corrected chi connectivity index (χ1v) is 17.4. The number of imidazole rings is 1. The van der Waals surface area contributed by atoms with Gasteiger partial charge in [-0.15, -0.1) is 0 Å². The van der Waals surface area contributed by atoms with Crippen LogP contribution in [0.5, 0.6) is 0 Å². The summed E-state index contributed by atoms with van der Waals surface area (Å²) in [6.07, 6.45) is 5.48. The first kappa shape index (κ1) is 35.1. The predicted octanol–water partition coefficient (Wildman–Crippen LogP) is 6.88. The summed E-state index contributed by atoms with van der Waals surface area (Å²) in [5, 5.41) is 6.30. The van der Waals surface area contributed by atoms with Crippen LogP contribution >= 0.6 is 34.2 Å². The van der Waals surface area contributed by atoms with Crippen LogP contribution in [0, 0.1) is 9.49 Å². The van der Waals surface area contributed by atoms with Gasteiger partial charge in [-0.1, -0.05) is 18.5 Å². The Morgan fingerprint density at radius 2 is 1.72 bits per heavy atom. The number of halogens is 2. The second-order valence-electron chi connectivity index (χ2n) is 14.3. The van der Waals surface area contributed by atoms with Crippen molar-refractivity contribution in [1.82, 2.24) is 24.8 Å². The van der Waals surface area contributed by atoms with E-state index >= 15 is 0 Å². The van der Waals surface area contributed by atoms with Gasteiger partial charge in [-0.3, -0.25) is 10.1 Å². The zero-order chi connectivity index (χ0) is 34.3. The Morgan fingerprint density at radius 1 is 1.04 bits per heavy atom. The van der Waals surface area contributed by atoms with Crippen molar-refractivity contribution in [2.24, 2.45) is 5.92 Å². The van der Waals surface area contributed by atoms with Crippen molar-refractivity contribution < 1.29 is 23.9 Å². The zero-order valence-electron chi connectivity index (χ0n) is 28.0. The molecule has 1 atom stereocenters. The first-order valence-electron chi connectivity index (χ1n) is 15.9. The van der Waals surface area contributed by atoms with Crippen molar-refractivity contribution in [2.45, 2.75) is 104 Å². The molecule has 12 nitrogen and oxygen atoms in total. The molecule has 2 fully saturated rings. The van der Waals surface area contributed by atoms with Gasteiger partial charge < -0.3 is 24.3 Å². The molecule has 0 unspecified atom stereocenters. The average Bonchev–Trinajstić information content (AvgIpc) is 3.51. The number of carbonyl (C=O) groups excluding carboxylic acids is 3. The normalized spacial score (nSPS) is 18.4. The summed E-state index contributed by atoms with van der Waals surface area (Å²) in [7, 11) is 0. The van der Waals surface area contributed by atoms with Crippen molar-refractivity contribution in [3.8, 4) is 0 Å². The number of nitrogens with zero attached hydrogens (tertiary/aromatic N) is 5. The van der Waals surface area contributed by atoms with E-state index in [1.807, 2.05) is 10.6 Å². The zero-order valence-corrected chi connectivity index (χ0v) is 30.9. The molecule has 254 valence electrons. The van der Waals surface area contributed by atoms with Crippen LogP contribution in [0.25, 0.3) is 11.2 Å². The lowest BCUT2D eigenvalue weighted by Crippen LogP contribution is -2.57. The number of amides is 2. The number of Topliss-reactive ketones (excluding diaryl/α,β-unsaturated/α-hetero) is 1. The lowest BCUT2D eigenvalue weighted by atomic mass is 9.89. The van der Waals surface area contributed by atoms with Gasteiger partial charge >= 0.3 is 12.2 Å². The van der Waals surface area contributed by atoms with Crippen LogP contribution in [0.2, 0.25) is 5.02 Å². The molecule has 1 aliphatic carbocycles. The van der Waals surface area contributed by atoms with E-state index in [0.29, 0.717) is 61.0 Å². The van der Waals surface area contributed by atoms with Gasteiger partial charge in [0.2, 0.25) is 0 Å². The number of fused-ring (bicyclic) bond motifs is 1. The molecule has 1 saturated heterocycles. The number of rotatable bonds is 9. The van der Waals surface area contributed by atoms with Crippen LogP contribution < -0.4 is 15.5 Å². The molecule has 5 rings (SSSR count). The van der Waals surface area contributed by atoms with Gasteiger partial charge in [-0.05, 0) is 113 Å². The molecule has 0 bridgehead atoms. The second kappa shape index (κ2) is 13.4. The molecule has 2 aromatic heterocycles. The number of carbonyl (C=O) groups is 3. The quantitative estimate of drug-likeness (QED) is 0.223. The smallest absolute Gasteiger partial charge is 0.413 e. The van der Waals surface area contributed by atoms with Gasteiger partial charge in [0.25, 0.3) is 0 Å². The minimum absolute atomic E-state index is 0.0320. The van der Waals surface area contributed by atoms with E-state index in [1.54, 1.807) is 47.9 Å². The molecular formula is C33H43ClIN7O5. The van der Waals surface area contributed by atoms with Gasteiger partial charge in [0.05, 0.1) is 17.9 Å². The summed E-state index contributed by atoms with van der Waals surface area (Å²) < 4.78 is 13.9. The molecule has 47 heavy (non-hydrogen) atoms. The number of alkyl carbamates (subject to hydrolysis) is 1. The van der Waals surface area contributed by atoms with Gasteiger partial charge in [0.15, 0.2) is 22.8 Å². The lowest BCUT2D eigenvalue weighted by molar-refractivity contribution is -0.125. The summed E-state index contributed by atoms with van der Waals surface area (Å²) >= 11 is 9.10. The molecule has 0 spiro atoms. The maximum atomic E-state index is 13.8. The third-order valence-electron chi connectivity index (χ3n) is 8.17. The highest BCUT2D eigenvalue weighted by molar-refractivity contribution is 14.1. The van der Waals surface area contributed by atoms with Gasteiger partial charge in [0.1, 0.15) is 23.1 Å². The van der Waals surface area contributed by atoms with E-state index in [4.69, 9.17) is 21.1 Å². The van der Waals surface area contributed by atoms with Crippen molar-refractivity contribution in [3.05, 3.63) is 38.4 Å². The number of benzene rings is 1. The van der Waals surface area contributed by atoms with E-state index in [-0.39, 0.29) is 11.6 Å². The molecule has 2 aliphatic rings. The standard InChI is InChI=1S/C33H43ClIN7O5/c1-8-20-21(15-42-18-38-26-27(36-17-37-28(26)42)39-29(44)46-31(2,3)4)23(14-22(34)25(20)35)41-12-11-33(16-41,24(43)13-19-9-10-19)40-30(45)47-32(5,6)7/h14,17-19H,8-13,15-16H2,1-7H3,(H,40,45)(H,36,37,39,44)/t33-/m1/s1. The first-order chi connectivity index (χ1) is 22.0.